The van der Waals surface area contributed by atoms with Crippen LogP contribution in [0.5, 0.6) is 5.75 Å². The van der Waals surface area contributed by atoms with Crippen molar-refractivity contribution in [2.45, 2.75) is 13.8 Å². The fraction of sp³-hybridized carbons (Fsp3) is 0.182. The number of halogens is 1. The van der Waals surface area contributed by atoms with Gasteiger partial charge in [0.05, 0.1) is 13.7 Å². The van der Waals surface area contributed by atoms with Gasteiger partial charge in [-0.15, -0.1) is 11.3 Å². The minimum absolute atomic E-state index is 0.290. The minimum Gasteiger partial charge on any atom is -0.494 e. The van der Waals surface area contributed by atoms with E-state index in [1.165, 1.54) is 18.4 Å². The van der Waals surface area contributed by atoms with Crippen LogP contribution >= 0.6 is 27.3 Å². The van der Waals surface area contributed by atoms with Crippen molar-refractivity contribution in [1.82, 2.24) is 0 Å². The van der Waals surface area contributed by atoms with Crippen LogP contribution in [0.1, 0.15) is 32.5 Å². The number of aryl methyl sites for hydroxylation is 1. The second-order valence-electron chi connectivity index (χ2n) is 6.15. The molecule has 1 aromatic heterocycles. The summed E-state index contributed by atoms with van der Waals surface area (Å²) in [5.74, 6) is -0.0287. The molecule has 0 aliphatic rings. The molecular formula is C22H20BrNO4S. The van der Waals surface area contributed by atoms with E-state index in [0.29, 0.717) is 22.7 Å². The van der Waals surface area contributed by atoms with Crippen molar-refractivity contribution in [2.24, 2.45) is 0 Å². The average molecular weight is 474 g/mol. The lowest BCUT2D eigenvalue weighted by Gasteiger charge is -2.09. The molecule has 29 heavy (non-hydrogen) atoms. The van der Waals surface area contributed by atoms with Gasteiger partial charge in [-0.2, -0.15) is 0 Å². The number of carbonyl (C=O) groups is 2. The summed E-state index contributed by atoms with van der Waals surface area (Å²) in [7, 11) is 1.33. The number of nitrogens with one attached hydrogen (secondary N) is 1. The number of methoxy groups -OCH3 is 1. The number of ether oxygens (including phenoxy) is 2. The highest BCUT2D eigenvalue weighted by Crippen LogP contribution is 2.41. The number of hydrogen-bond acceptors (Lipinski definition) is 5. The SMILES string of the molecule is CCOc1ccc(-c2c(C)sc(NC(=O)c3ccc(Br)cc3)c2C(=O)OC)cc1. The Kier molecular flexibility index (Phi) is 6.71. The van der Waals surface area contributed by atoms with Crippen molar-refractivity contribution in [3.8, 4) is 16.9 Å². The first-order valence-electron chi connectivity index (χ1n) is 8.96. The lowest BCUT2D eigenvalue weighted by molar-refractivity contribution is 0.0603. The molecule has 0 radical (unpaired) electrons. The number of carbonyl (C=O) groups excluding carboxylic acids is 2. The third-order valence-corrected chi connectivity index (χ3v) is 5.81. The Labute approximate surface area is 181 Å². The zero-order valence-electron chi connectivity index (χ0n) is 16.2. The lowest BCUT2D eigenvalue weighted by atomic mass is 10.0. The van der Waals surface area contributed by atoms with Gasteiger partial charge in [0, 0.05) is 20.5 Å². The Morgan fingerprint density at radius 1 is 1.07 bits per heavy atom. The van der Waals surface area contributed by atoms with Crippen molar-refractivity contribution in [3.05, 3.63) is 69.0 Å². The summed E-state index contributed by atoms with van der Waals surface area (Å²) in [6.45, 7) is 4.42. The van der Waals surface area contributed by atoms with Crippen molar-refractivity contribution < 1.29 is 19.1 Å². The summed E-state index contributed by atoms with van der Waals surface area (Å²) in [5.41, 5.74) is 2.45. The van der Waals surface area contributed by atoms with Gasteiger partial charge in [0.25, 0.3) is 5.91 Å². The van der Waals surface area contributed by atoms with Gasteiger partial charge in [-0.25, -0.2) is 4.79 Å². The smallest absolute Gasteiger partial charge is 0.341 e. The summed E-state index contributed by atoms with van der Waals surface area (Å²) >= 11 is 4.70. The lowest BCUT2D eigenvalue weighted by Crippen LogP contribution is -2.14. The second kappa shape index (κ2) is 9.24. The standard InChI is InChI=1S/C22H20BrNO4S/c1-4-28-17-11-7-14(8-12-17)18-13(2)29-21(19(18)22(26)27-3)24-20(25)15-5-9-16(23)10-6-15/h5-12H,4H2,1-3H3,(H,24,25). The van der Waals surface area contributed by atoms with E-state index in [9.17, 15) is 9.59 Å². The fourth-order valence-corrected chi connectivity index (χ4v) is 4.26. The highest BCUT2D eigenvalue weighted by Gasteiger charge is 2.25. The molecular weight excluding hydrogens is 454 g/mol. The molecule has 0 unspecified atom stereocenters. The molecule has 150 valence electrons. The molecule has 1 heterocycles. The first-order chi connectivity index (χ1) is 13.9. The van der Waals surface area contributed by atoms with Crippen molar-refractivity contribution in [3.63, 3.8) is 0 Å². The predicted octanol–water partition coefficient (Wildman–Crippen LogP) is 5.92. The number of esters is 1. The fourth-order valence-electron chi connectivity index (χ4n) is 2.94. The van der Waals surface area contributed by atoms with Crippen LogP contribution in [0.15, 0.2) is 53.0 Å². The molecule has 1 amide bonds. The molecule has 0 atom stereocenters. The number of anilines is 1. The summed E-state index contributed by atoms with van der Waals surface area (Å²) < 4.78 is 11.4. The number of benzene rings is 2. The van der Waals surface area contributed by atoms with E-state index >= 15 is 0 Å². The maximum atomic E-state index is 12.7. The van der Waals surface area contributed by atoms with Crippen LogP contribution in [0, 0.1) is 6.92 Å². The van der Waals surface area contributed by atoms with E-state index in [2.05, 4.69) is 21.2 Å². The zero-order valence-corrected chi connectivity index (χ0v) is 18.6. The summed E-state index contributed by atoms with van der Waals surface area (Å²) in [6, 6.07) is 14.5. The van der Waals surface area contributed by atoms with Gasteiger partial charge in [0.1, 0.15) is 16.3 Å². The van der Waals surface area contributed by atoms with Crippen molar-refractivity contribution in [1.29, 1.82) is 0 Å². The third kappa shape index (κ3) is 4.68. The average Bonchev–Trinajstić information content (AvgIpc) is 3.04. The van der Waals surface area contributed by atoms with Crippen LogP contribution in [0.2, 0.25) is 0 Å². The van der Waals surface area contributed by atoms with Crippen LogP contribution in [-0.4, -0.2) is 25.6 Å². The van der Waals surface area contributed by atoms with Crippen LogP contribution in [0.4, 0.5) is 5.00 Å². The summed E-state index contributed by atoms with van der Waals surface area (Å²) in [6.07, 6.45) is 0. The molecule has 0 fully saturated rings. The minimum atomic E-state index is -0.496. The maximum absolute atomic E-state index is 12.7. The molecule has 0 aliphatic carbocycles. The Balaban J connectivity index is 2.00. The number of rotatable bonds is 6. The Morgan fingerprint density at radius 2 is 1.72 bits per heavy atom. The molecule has 1 N–H and O–H groups in total. The second-order valence-corrected chi connectivity index (χ2v) is 8.29. The van der Waals surface area contributed by atoms with E-state index in [1.807, 2.05) is 38.1 Å². The summed E-state index contributed by atoms with van der Waals surface area (Å²) in [5, 5.41) is 3.33. The zero-order chi connectivity index (χ0) is 21.0. The van der Waals surface area contributed by atoms with Crippen molar-refractivity contribution >= 4 is 44.1 Å². The van der Waals surface area contributed by atoms with Gasteiger partial charge in [-0.3, -0.25) is 4.79 Å². The van der Waals surface area contributed by atoms with E-state index in [0.717, 1.165) is 26.2 Å². The van der Waals surface area contributed by atoms with Crippen LogP contribution in [-0.2, 0) is 4.74 Å². The highest BCUT2D eigenvalue weighted by molar-refractivity contribution is 9.10. The molecule has 0 aliphatic heterocycles. The molecule has 3 rings (SSSR count). The Morgan fingerprint density at radius 3 is 2.31 bits per heavy atom. The van der Waals surface area contributed by atoms with Gasteiger partial charge in [0.2, 0.25) is 0 Å². The highest BCUT2D eigenvalue weighted by atomic mass is 79.9. The molecule has 0 saturated carbocycles. The van der Waals surface area contributed by atoms with E-state index < -0.39 is 5.97 Å². The van der Waals surface area contributed by atoms with Crippen LogP contribution in [0.3, 0.4) is 0 Å². The first kappa shape index (κ1) is 21.1. The van der Waals surface area contributed by atoms with Gasteiger partial charge >= 0.3 is 5.97 Å². The number of amides is 1. The molecule has 0 bridgehead atoms. The molecule has 0 saturated heterocycles. The largest absolute Gasteiger partial charge is 0.494 e. The summed E-state index contributed by atoms with van der Waals surface area (Å²) in [4.78, 5) is 26.2. The van der Waals surface area contributed by atoms with E-state index in [1.54, 1.807) is 24.3 Å². The number of hydrogen-bond donors (Lipinski definition) is 1. The molecule has 7 heteroatoms. The van der Waals surface area contributed by atoms with Crippen molar-refractivity contribution in [2.75, 3.05) is 19.0 Å². The Hall–Kier alpha value is -2.64. The van der Waals surface area contributed by atoms with E-state index in [4.69, 9.17) is 9.47 Å². The van der Waals surface area contributed by atoms with Crippen LogP contribution < -0.4 is 10.1 Å². The molecule has 3 aromatic rings. The topological polar surface area (TPSA) is 64.6 Å². The monoisotopic (exact) mass is 473 g/mol. The molecule has 5 nitrogen and oxygen atoms in total. The van der Waals surface area contributed by atoms with Gasteiger partial charge in [-0.1, -0.05) is 28.1 Å². The third-order valence-electron chi connectivity index (χ3n) is 4.26. The molecule has 2 aromatic carbocycles. The quantitative estimate of drug-likeness (QED) is 0.451. The number of thiophene rings is 1. The van der Waals surface area contributed by atoms with Gasteiger partial charge < -0.3 is 14.8 Å². The Bertz CT molecular complexity index is 1030. The molecule has 0 spiro atoms. The maximum Gasteiger partial charge on any atom is 0.341 e. The predicted molar refractivity (Wildman–Crippen MR) is 119 cm³/mol. The first-order valence-corrected chi connectivity index (χ1v) is 10.6. The van der Waals surface area contributed by atoms with E-state index in [-0.39, 0.29) is 5.91 Å². The van der Waals surface area contributed by atoms with Gasteiger partial charge in [0.15, 0.2) is 0 Å². The van der Waals surface area contributed by atoms with Crippen LogP contribution in [0.25, 0.3) is 11.1 Å². The van der Waals surface area contributed by atoms with Gasteiger partial charge in [-0.05, 0) is 55.8 Å². The normalized spacial score (nSPS) is 10.5.